The number of amides is 6. The van der Waals surface area contributed by atoms with Crippen LogP contribution in [0.15, 0.2) is 72.3 Å². The maximum atomic E-state index is 13.2. The van der Waals surface area contributed by atoms with Gasteiger partial charge in [-0.25, -0.2) is 9.69 Å². The minimum absolute atomic E-state index is 0.0835. The number of ether oxygens (including phenoxy) is 1. The van der Waals surface area contributed by atoms with E-state index in [1.54, 1.807) is 54.6 Å². The number of urea groups is 1. The molecular formula is C27H18ClN3O6. The van der Waals surface area contributed by atoms with Crippen molar-refractivity contribution in [3.8, 4) is 5.75 Å². The Morgan fingerprint density at radius 3 is 2.22 bits per heavy atom. The van der Waals surface area contributed by atoms with Crippen molar-refractivity contribution in [2.75, 3.05) is 12.0 Å². The summed E-state index contributed by atoms with van der Waals surface area (Å²) in [6.07, 6.45) is 1.33. The molecule has 0 bridgehead atoms. The number of carbonyl (C=O) groups excluding carboxylic acids is 5. The number of imide groups is 3. The van der Waals surface area contributed by atoms with Crippen LogP contribution in [0.3, 0.4) is 0 Å². The molecule has 2 aliphatic heterocycles. The lowest BCUT2D eigenvalue weighted by Gasteiger charge is -2.26. The van der Waals surface area contributed by atoms with Crippen molar-refractivity contribution in [2.45, 2.75) is 6.54 Å². The summed E-state index contributed by atoms with van der Waals surface area (Å²) in [4.78, 5) is 65.8. The number of fused-ring (bicyclic) bond motifs is 1. The molecule has 1 N–H and O–H groups in total. The van der Waals surface area contributed by atoms with Gasteiger partial charge in [0.05, 0.1) is 30.5 Å². The SMILES string of the molecule is COc1ccc(/C=C2/C(=O)NC(=O)N(c3cccc(Cl)c3)C2=O)cc1CN1C(=O)c2ccccc2C1=O. The molecule has 0 atom stereocenters. The minimum Gasteiger partial charge on any atom is -0.496 e. The highest BCUT2D eigenvalue weighted by molar-refractivity contribution is 6.39. The number of rotatable bonds is 5. The molecule has 5 rings (SSSR count). The van der Waals surface area contributed by atoms with Gasteiger partial charge in [0, 0.05) is 10.6 Å². The predicted octanol–water partition coefficient (Wildman–Crippen LogP) is 3.81. The van der Waals surface area contributed by atoms with Crippen molar-refractivity contribution >= 4 is 53.0 Å². The van der Waals surface area contributed by atoms with Crippen LogP contribution in [-0.2, 0) is 16.1 Å². The van der Waals surface area contributed by atoms with E-state index in [9.17, 15) is 24.0 Å². The average Bonchev–Trinajstić information content (AvgIpc) is 3.11. The molecule has 10 heteroatoms. The van der Waals surface area contributed by atoms with E-state index in [0.717, 1.165) is 9.80 Å². The molecule has 3 aromatic rings. The molecular weight excluding hydrogens is 498 g/mol. The number of anilines is 1. The van der Waals surface area contributed by atoms with Crippen LogP contribution in [0.25, 0.3) is 6.08 Å². The highest BCUT2D eigenvalue weighted by Crippen LogP contribution is 2.29. The Balaban J connectivity index is 1.48. The molecule has 2 aliphatic rings. The first kappa shape index (κ1) is 24.0. The van der Waals surface area contributed by atoms with Gasteiger partial charge >= 0.3 is 6.03 Å². The molecule has 0 aliphatic carbocycles. The Labute approximate surface area is 215 Å². The molecule has 0 aromatic heterocycles. The van der Waals surface area contributed by atoms with Crippen molar-refractivity contribution in [3.05, 3.63) is 99.6 Å². The minimum atomic E-state index is -0.893. The van der Waals surface area contributed by atoms with Gasteiger partial charge < -0.3 is 4.74 Å². The summed E-state index contributed by atoms with van der Waals surface area (Å²) in [6.45, 7) is -0.0835. The first-order valence-electron chi connectivity index (χ1n) is 11.1. The Kier molecular flexibility index (Phi) is 6.06. The molecule has 9 nitrogen and oxygen atoms in total. The number of barbiturate groups is 1. The third-order valence-corrected chi connectivity index (χ3v) is 6.23. The number of hydrogen-bond acceptors (Lipinski definition) is 6. The molecule has 0 unspecified atom stereocenters. The predicted molar refractivity (Wildman–Crippen MR) is 134 cm³/mol. The van der Waals surface area contributed by atoms with Gasteiger partial charge in [-0.2, -0.15) is 0 Å². The quantitative estimate of drug-likeness (QED) is 0.314. The zero-order chi connectivity index (χ0) is 26.3. The molecule has 0 saturated carbocycles. The summed E-state index contributed by atoms with van der Waals surface area (Å²) in [5.74, 6) is -2.12. The lowest BCUT2D eigenvalue weighted by atomic mass is 10.0. The lowest BCUT2D eigenvalue weighted by Crippen LogP contribution is -2.54. The number of hydrogen-bond donors (Lipinski definition) is 1. The summed E-state index contributed by atoms with van der Waals surface area (Å²) in [5.41, 5.74) is 1.47. The topological polar surface area (TPSA) is 113 Å². The number of nitrogens with one attached hydrogen (secondary N) is 1. The normalized spacial score (nSPS) is 16.4. The second kappa shape index (κ2) is 9.36. The average molecular weight is 516 g/mol. The fraction of sp³-hybridized carbons (Fsp3) is 0.0741. The Hall–Kier alpha value is -4.76. The Bertz CT molecular complexity index is 1510. The van der Waals surface area contributed by atoms with Crippen LogP contribution in [0.5, 0.6) is 5.75 Å². The highest BCUT2D eigenvalue weighted by atomic mass is 35.5. The number of benzene rings is 3. The molecule has 3 aromatic carbocycles. The zero-order valence-electron chi connectivity index (χ0n) is 19.4. The summed E-state index contributed by atoms with van der Waals surface area (Å²) >= 11 is 6.01. The summed E-state index contributed by atoms with van der Waals surface area (Å²) < 4.78 is 5.41. The van der Waals surface area contributed by atoms with Crippen molar-refractivity contribution in [1.82, 2.24) is 10.2 Å². The molecule has 0 radical (unpaired) electrons. The van der Waals surface area contributed by atoms with E-state index in [4.69, 9.17) is 16.3 Å². The van der Waals surface area contributed by atoms with Gasteiger partial charge in [-0.1, -0.05) is 35.9 Å². The second-order valence-corrected chi connectivity index (χ2v) is 8.69. The van der Waals surface area contributed by atoms with Gasteiger partial charge in [0.25, 0.3) is 23.6 Å². The monoisotopic (exact) mass is 515 g/mol. The van der Waals surface area contributed by atoms with Gasteiger partial charge in [-0.3, -0.25) is 29.4 Å². The van der Waals surface area contributed by atoms with Crippen LogP contribution in [-0.4, -0.2) is 41.7 Å². The standard InChI is InChI=1S/C27H18ClN3O6/c1-37-22-10-9-15(11-16(22)14-30-24(33)19-7-2-3-8-20(19)25(30)34)12-21-23(32)29-27(36)31(26(21)35)18-6-4-5-17(28)13-18/h2-13H,14H2,1H3,(H,29,32,36)/b21-12-. The largest absolute Gasteiger partial charge is 0.496 e. The Morgan fingerprint density at radius 2 is 1.57 bits per heavy atom. The summed E-state index contributed by atoms with van der Waals surface area (Å²) in [6, 6.07) is 16.6. The number of nitrogens with zero attached hydrogens (tertiary/aromatic N) is 2. The highest BCUT2D eigenvalue weighted by Gasteiger charge is 2.37. The van der Waals surface area contributed by atoms with E-state index in [0.29, 0.717) is 33.0 Å². The molecule has 184 valence electrons. The summed E-state index contributed by atoms with van der Waals surface area (Å²) in [5, 5.41) is 2.47. The van der Waals surface area contributed by atoms with Gasteiger partial charge in [0.15, 0.2) is 0 Å². The molecule has 0 spiro atoms. The first-order chi connectivity index (χ1) is 17.8. The molecule has 37 heavy (non-hydrogen) atoms. The van der Waals surface area contributed by atoms with Gasteiger partial charge in [-0.15, -0.1) is 0 Å². The number of halogens is 1. The molecule has 1 saturated heterocycles. The fourth-order valence-corrected chi connectivity index (χ4v) is 4.42. The van der Waals surface area contributed by atoms with Crippen LogP contribution >= 0.6 is 11.6 Å². The van der Waals surface area contributed by atoms with E-state index >= 15 is 0 Å². The van der Waals surface area contributed by atoms with Crippen molar-refractivity contribution in [2.24, 2.45) is 0 Å². The van der Waals surface area contributed by atoms with Crippen molar-refractivity contribution < 1.29 is 28.7 Å². The summed E-state index contributed by atoms with van der Waals surface area (Å²) in [7, 11) is 1.45. The molecule has 6 amide bonds. The van der Waals surface area contributed by atoms with Crippen LogP contribution in [0.4, 0.5) is 10.5 Å². The van der Waals surface area contributed by atoms with E-state index in [-0.39, 0.29) is 17.8 Å². The van der Waals surface area contributed by atoms with E-state index in [1.165, 1.54) is 25.3 Å². The van der Waals surface area contributed by atoms with E-state index in [1.807, 2.05) is 0 Å². The van der Waals surface area contributed by atoms with E-state index < -0.39 is 29.7 Å². The maximum absolute atomic E-state index is 13.2. The second-order valence-electron chi connectivity index (χ2n) is 8.25. The lowest BCUT2D eigenvalue weighted by molar-refractivity contribution is -0.122. The van der Waals surface area contributed by atoms with Crippen molar-refractivity contribution in [3.63, 3.8) is 0 Å². The third-order valence-electron chi connectivity index (χ3n) is 5.99. The fourth-order valence-electron chi connectivity index (χ4n) is 4.24. The van der Waals surface area contributed by atoms with E-state index in [2.05, 4.69) is 5.32 Å². The third kappa shape index (κ3) is 4.25. The maximum Gasteiger partial charge on any atom is 0.335 e. The van der Waals surface area contributed by atoms with Crippen molar-refractivity contribution in [1.29, 1.82) is 0 Å². The smallest absolute Gasteiger partial charge is 0.335 e. The first-order valence-corrected chi connectivity index (χ1v) is 11.5. The Morgan fingerprint density at radius 1 is 0.865 bits per heavy atom. The molecule has 2 heterocycles. The molecule has 1 fully saturated rings. The van der Waals surface area contributed by atoms with Gasteiger partial charge in [0.1, 0.15) is 11.3 Å². The van der Waals surface area contributed by atoms with Crippen LogP contribution < -0.4 is 15.0 Å². The van der Waals surface area contributed by atoms with Crippen LogP contribution in [0.1, 0.15) is 31.8 Å². The number of carbonyl (C=O) groups is 5. The zero-order valence-corrected chi connectivity index (χ0v) is 20.1. The number of methoxy groups -OCH3 is 1. The van der Waals surface area contributed by atoms with Gasteiger partial charge in [0.2, 0.25) is 0 Å². The van der Waals surface area contributed by atoms with Crippen LogP contribution in [0.2, 0.25) is 5.02 Å². The van der Waals surface area contributed by atoms with Crippen LogP contribution in [0, 0.1) is 0 Å². The van der Waals surface area contributed by atoms with Gasteiger partial charge in [-0.05, 0) is 54.1 Å².